The number of aromatic nitrogens is 1. The lowest BCUT2D eigenvalue weighted by Crippen LogP contribution is -2.53. The number of hydrogen-bond acceptors (Lipinski definition) is 10. The molecule has 244 valence electrons. The number of nitrogens with one attached hydrogen (secondary N) is 3. The van der Waals surface area contributed by atoms with Crippen LogP contribution in [0.5, 0.6) is 5.75 Å². The minimum atomic E-state index is -1.37. The van der Waals surface area contributed by atoms with Gasteiger partial charge in [0.05, 0.1) is 5.56 Å². The molecule has 0 bridgehead atoms. The lowest BCUT2D eigenvalue weighted by molar-refractivity contribution is -0.137. The number of carbonyl (C=O) groups excluding carboxylic acids is 5. The number of carbonyl (C=O) groups is 5. The van der Waals surface area contributed by atoms with E-state index in [1.807, 2.05) is 6.07 Å². The first-order valence-corrected chi connectivity index (χ1v) is 16.3. The predicted molar refractivity (Wildman–Crippen MR) is 176 cm³/mol. The van der Waals surface area contributed by atoms with Gasteiger partial charge in [0.2, 0.25) is 11.8 Å². The molecule has 0 aliphatic carbocycles. The van der Waals surface area contributed by atoms with Crippen molar-refractivity contribution in [3.05, 3.63) is 105 Å². The number of phenolic OH excluding ortho intramolecular Hbond substituents is 1. The maximum absolute atomic E-state index is 14.4. The Hall–Kier alpha value is -5.28. The molecular formula is C33H27FN6O6S2. The molecule has 1 aromatic heterocycles. The normalized spacial score (nSPS) is 19.2. The molecule has 1 fully saturated rings. The lowest BCUT2D eigenvalue weighted by atomic mass is 10.0. The van der Waals surface area contributed by atoms with Crippen molar-refractivity contribution in [1.82, 2.24) is 20.1 Å². The van der Waals surface area contributed by atoms with E-state index in [2.05, 4.69) is 33.6 Å². The molecule has 48 heavy (non-hydrogen) atoms. The average molecular weight is 687 g/mol. The first-order chi connectivity index (χ1) is 23.1. The van der Waals surface area contributed by atoms with Gasteiger partial charge in [0.25, 0.3) is 17.7 Å². The number of anilines is 2. The van der Waals surface area contributed by atoms with Crippen molar-refractivity contribution >= 4 is 64.3 Å². The number of benzene rings is 3. The van der Waals surface area contributed by atoms with Crippen molar-refractivity contribution in [2.45, 2.75) is 43.4 Å². The van der Waals surface area contributed by atoms with Crippen LogP contribution in [0, 0.1) is 5.82 Å². The molecule has 4 aromatic rings. The molecule has 12 nitrogen and oxygen atoms in total. The van der Waals surface area contributed by atoms with Crippen LogP contribution >= 0.6 is 24.0 Å². The van der Waals surface area contributed by atoms with E-state index in [4.69, 9.17) is 0 Å². The second-order valence-electron chi connectivity index (χ2n) is 11.5. The van der Waals surface area contributed by atoms with Gasteiger partial charge in [-0.05, 0) is 53.4 Å². The van der Waals surface area contributed by atoms with Crippen LogP contribution in [-0.2, 0) is 27.5 Å². The molecule has 4 N–H and O–H groups in total. The molecule has 5 amide bonds. The summed E-state index contributed by atoms with van der Waals surface area (Å²) in [6.45, 7) is 0.237. The fourth-order valence-corrected chi connectivity index (χ4v) is 7.40. The summed E-state index contributed by atoms with van der Waals surface area (Å²) in [5.41, 5.74) is 3.10. The van der Waals surface area contributed by atoms with Crippen LogP contribution < -0.4 is 16.0 Å². The zero-order valence-electron chi connectivity index (χ0n) is 25.0. The molecular weight excluding hydrogens is 660 g/mol. The Balaban J connectivity index is 1.12. The van der Waals surface area contributed by atoms with Crippen LogP contribution in [0.4, 0.5) is 15.2 Å². The number of nitrogens with zero attached hydrogens (tertiary/aromatic N) is 3. The third-order valence-corrected chi connectivity index (χ3v) is 9.84. The lowest BCUT2D eigenvalue weighted by Gasteiger charge is -2.32. The Morgan fingerprint density at radius 3 is 2.73 bits per heavy atom. The van der Waals surface area contributed by atoms with Crippen LogP contribution in [-0.4, -0.2) is 55.5 Å². The SMILES string of the molecule is O=C1CCC(N2C(=O)c3cc(CNc4cccc5c4C(=O)N(C(C(=O)Nc4nccs4)c4cc(F)ccc4O)C5)ccc3C2S)C(=O)N1. The Kier molecular flexibility index (Phi) is 8.09. The third-order valence-electron chi connectivity index (χ3n) is 8.63. The average Bonchev–Trinajstić information content (AvgIpc) is 3.76. The summed E-state index contributed by atoms with van der Waals surface area (Å²) >= 11 is 5.79. The molecule has 3 aromatic carbocycles. The summed E-state index contributed by atoms with van der Waals surface area (Å²) in [6.07, 6.45) is 1.85. The molecule has 15 heteroatoms. The molecule has 0 spiro atoms. The largest absolute Gasteiger partial charge is 0.508 e. The van der Waals surface area contributed by atoms with E-state index in [1.54, 1.807) is 35.7 Å². The summed E-state index contributed by atoms with van der Waals surface area (Å²) in [6, 6.07) is 11.6. The second kappa shape index (κ2) is 12.4. The molecule has 0 saturated carbocycles. The highest BCUT2D eigenvalue weighted by atomic mass is 32.1. The Bertz CT molecular complexity index is 2010. The maximum Gasteiger partial charge on any atom is 0.257 e. The monoisotopic (exact) mass is 686 g/mol. The Morgan fingerprint density at radius 1 is 1.12 bits per heavy atom. The first-order valence-electron chi connectivity index (χ1n) is 14.9. The van der Waals surface area contributed by atoms with Gasteiger partial charge >= 0.3 is 0 Å². The van der Waals surface area contributed by atoms with Crippen LogP contribution in [0.1, 0.15) is 67.2 Å². The predicted octanol–water partition coefficient (Wildman–Crippen LogP) is 4.13. The van der Waals surface area contributed by atoms with Crippen LogP contribution in [0.3, 0.4) is 0 Å². The number of imide groups is 1. The summed E-state index contributed by atoms with van der Waals surface area (Å²) < 4.78 is 14.4. The number of halogens is 1. The van der Waals surface area contributed by atoms with Gasteiger partial charge < -0.3 is 20.2 Å². The third kappa shape index (κ3) is 5.54. The molecule has 4 heterocycles. The number of fused-ring (bicyclic) bond motifs is 2. The van der Waals surface area contributed by atoms with Crippen LogP contribution in [0.25, 0.3) is 0 Å². The van der Waals surface area contributed by atoms with Crippen molar-refractivity contribution in [2.24, 2.45) is 0 Å². The molecule has 7 rings (SSSR count). The van der Waals surface area contributed by atoms with E-state index in [0.29, 0.717) is 27.9 Å². The van der Waals surface area contributed by atoms with Crippen LogP contribution in [0.15, 0.2) is 66.2 Å². The molecule has 3 aliphatic rings. The number of phenols is 1. The highest BCUT2D eigenvalue weighted by Crippen LogP contribution is 2.41. The van der Waals surface area contributed by atoms with Gasteiger partial charge in [-0.25, -0.2) is 9.37 Å². The van der Waals surface area contributed by atoms with E-state index in [-0.39, 0.29) is 54.2 Å². The first kappa shape index (κ1) is 31.3. The number of thiazole rings is 1. The van der Waals surface area contributed by atoms with E-state index in [9.17, 15) is 33.5 Å². The van der Waals surface area contributed by atoms with Crippen LogP contribution in [0.2, 0.25) is 0 Å². The molecule has 3 aliphatic heterocycles. The van der Waals surface area contributed by atoms with Gasteiger partial charge in [0.15, 0.2) is 5.13 Å². The highest BCUT2D eigenvalue weighted by Gasteiger charge is 2.44. The standard InChI is InChI=1S/C33H27FN6O6S2/c34-18-5-8-24(41)21(13-18)27(29(44)38-33-35-10-11-48-33)39-15-17-2-1-3-22(26(17)31(39)46)36-14-16-4-6-19-20(12-16)30(45)40(32(19)47)23-7-9-25(42)37-28(23)43/h1-6,8,10-13,23,27,32,36,41,47H,7,9,14-15H2,(H,35,38,44)(H,37,42,43). The Morgan fingerprint density at radius 2 is 1.96 bits per heavy atom. The van der Waals surface area contributed by atoms with Gasteiger partial charge in [0.1, 0.15) is 29.0 Å². The second-order valence-corrected chi connectivity index (χ2v) is 12.9. The van der Waals surface area contributed by atoms with Gasteiger partial charge in [0, 0.05) is 47.9 Å². The summed E-state index contributed by atoms with van der Waals surface area (Å²) in [5, 5.41) is 20.2. The van der Waals surface area contributed by atoms with Crippen molar-refractivity contribution < 1.29 is 33.5 Å². The minimum absolute atomic E-state index is 0.0163. The molecule has 0 radical (unpaired) electrons. The van der Waals surface area contributed by atoms with E-state index < -0.39 is 41.0 Å². The Labute approximate surface area is 282 Å². The van der Waals surface area contributed by atoms with Gasteiger partial charge in [-0.2, -0.15) is 0 Å². The molecule has 3 unspecified atom stereocenters. The number of piperidine rings is 1. The highest BCUT2D eigenvalue weighted by molar-refractivity contribution is 7.80. The number of hydrogen-bond donors (Lipinski definition) is 5. The zero-order valence-corrected chi connectivity index (χ0v) is 26.7. The topological polar surface area (TPSA) is 161 Å². The van der Waals surface area contributed by atoms with E-state index >= 15 is 0 Å². The van der Waals surface area contributed by atoms with Gasteiger partial charge in [-0.1, -0.05) is 24.3 Å². The minimum Gasteiger partial charge on any atom is -0.508 e. The van der Waals surface area contributed by atoms with Crippen molar-refractivity contribution in [3.63, 3.8) is 0 Å². The number of amides is 5. The van der Waals surface area contributed by atoms with Crippen molar-refractivity contribution in [1.29, 1.82) is 0 Å². The maximum atomic E-state index is 14.4. The fourth-order valence-electron chi connectivity index (χ4n) is 6.37. The fraction of sp³-hybridized carbons (Fsp3) is 0.212. The number of rotatable bonds is 8. The summed E-state index contributed by atoms with van der Waals surface area (Å²) in [5.74, 6) is -3.46. The zero-order chi connectivity index (χ0) is 33.7. The van der Waals surface area contributed by atoms with Crippen molar-refractivity contribution in [3.8, 4) is 5.75 Å². The van der Waals surface area contributed by atoms with E-state index in [1.165, 1.54) is 27.3 Å². The molecule has 3 atom stereocenters. The smallest absolute Gasteiger partial charge is 0.257 e. The van der Waals surface area contributed by atoms with E-state index in [0.717, 1.165) is 23.8 Å². The summed E-state index contributed by atoms with van der Waals surface area (Å²) in [4.78, 5) is 71.9. The van der Waals surface area contributed by atoms with Gasteiger partial charge in [-0.15, -0.1) is 24.0 Å². The summed E-state index contributed by atoms with van der Waals surface area (Å²) in [7, 11) is 0. The van der Waals surface area contributed by atoms with Crippen molar-refractivity contribution in [2.75, 3.05) is 10.6 Å². The van der Waals surface area contributed by atoms with Gasteiger partial charge in [-0.3, -0.25) is 34.6 Å². The molecule has 1 saturated heterocycles. The number of aromatic hydroxyl groups is 1. The quantitative estimate of drug-likeness (QED) is 0.137. The number of thiol groups is 1.